The van der Waals surface area contributed by atoms with Crippen LogP contribution in [0, 0.1) is 17.0 Å². The van der Waals surface area contributed by atoms with Crippen LogP contribution in [0.3, 0.4) is 0 Å². The minimum absolute atomic E-state index is 0.158. The summed E-state index contributed by atoms with van der Waals surface area (Å²) in [5.41, 5.74) is 1.69. The molecule has 9 heteroatoms. The van der Waals surface area contributed by atoms with Crippen LogP contribution in [0.1, 0.15) is 15.9 Å². The summed E-state index contributed by atoms with van der Waals surface area (Å²) in [6.07, 6.45) is 1.51. The molecule has 1 heterocycles. The molecule has 1 amide bonds. The summed E-state index contributed by atoms with van der Waals surface area (Å²) < 4.78 is 1.66. The number of nitrogens with one attached hydrogen (secondary N) is 1. The van der Waals surface area contributed by atoms with Gasteiger partial charge in [0.05, 0.1) is 9.82 Å². The first kappa shape index (κ1) is 17.6. The van der Waals surface area contributed by atoms with Gasteiger partial charge in [-0.05, 0) is 48.5 Å². The Morgan fingerprint density at radius 2 is 2.08 bits per heavy atom. The van der Waals surface area contributed by atoms with Crippen molar-refractivity contribution >= 4 is 29.0 Å². The number of nitro benzene ring substituents is 1. The summed E-state index contributed by atoms with van der Waals surface area (Å²) in [5.74, 6) is -0.408. The van der Waals surface area contributed by atoms with Gasteiger partial charge in [0.1, 0.15) is 6.33 Å². The fourth-order valence-corrected chi connectivity index (χ4v) is 3.13. The maximum absolute atomic E-state index is 12.4. The van der Waals surface area contributed by atoms with Crippen molar-refractivity contribution in [3.05, 3.63) is 70.0 Å². The van der Waals surface area contributed by atoms with Crippen LogP contribution < -0.4 is 5.32 Å². The van der Waals surface area contributed by atoms with Crippen LogP contribution in [-0.4, -0.2) is 25.6 Å². The topological polar surface area (TPSA) is 103 Å². The monoisotopic (exact) mass is 369 g/mol. The molecule has 0 aliphatic heterocycles. The molecule has 3 aromatic rings. The third-order valence-electron chi connectivity index (χ3n) is 3.56. The zero-order valence-corrected chi connectivity index (χ0v) is 14.9. The van der Waals surface area contributed by atoms with Gasteiger partial charge in [0, 0.05) is 24.4 Å². The number of carbonyl (C=O) groups excluding carboxylic acids is 1. The van der Waals surface area contributed by atoms with Gasteiger partial charge in [0.2, 0.25) is 0 Å². The summed E-state index contributed by atoms with van der Waals surface area (Å²) in [4.78, 5) is 23.7. The van der Waals surface area contributed by atoms with E-state index in [1.165, 1.54) is 12.4 Å². The number of benzene rings is 2. The fourth-order valence-electron chi connectivity index (χ4n) is 2.28. The van der Waals surface area contributed by atoms with Crippen LogP contribution in [0.5, 0.6) is 0 Å². The van der Waals surface area contributed by atoms with E-state index in [-0.39, 0.29) is 11.3 Å². The van der Waals surface area contributed by atoms with Gasteiger partial charge >= 0.3 is 0 Å². The van der Waals surface area contributed by atoms with Crippen molar-refractivity contribution in [2.45, 2.75) is 17.0 Å². The number of nitro groups is 1. The van der Waals surface area contributed by atoms with E-state index < -0.39 is 10.8 Å². The first-order chi connectivity index (χ1) is 12.4. The number of nitrogens with zero attached hydrogens (tertiary/aromatic N) is 4. The molecule has 1 N–H and O–H groups in total. The Kier molecular flexibility index (Phi) is 4.99. The summed E-state index contributed by atoms with van der Waals surface area (Å²) >= 11 is 1.12. The van der Waals surface area contributed by atoms with Gasteiger partial charge in [-0.15, -0.1) is 10.2 Å². The molecule has 0 saturated carbocycles. The van der Waals surface area contributed by atoms with Crippen LogP contribution >= 0.6 is 11.8 Å². The Balaban J connectivity index is 1.87. The number of rotatable bonds is 5. The molecule has 0 atom stereocenters. The van der Waals surface area contributed by atoms with Gasteiger partial charge < -0.3 is 9.88 Å². The minimum atomic E-state index is -0.512. The predicted octanol–water partition coefficient (Wildman–Crippen LogP) is 3.44. The highest BCUT2D eigenvalue weighted by Gasteiger charge is 2.20. The van der Waals surface area contributed by atoms with Crippen molar-refractivity contribution in [3.8, 4) is 0 Å². The number of anilines is 1. The second-order valence-electron chi connectivity index (χ2n) is 5.59. The Morgan fingerprint density at radius 1 is 1.27 bits per heavy atom. The van der Waals surface area contributed by atoms with Crippen LogP contribution in [0.4, 0.5) is 11.4 Å². The van der Waals surface area contributed by atoms with Gasteiger partial charge in [-0.3, -0.25) is 14.9 Å². The molecule has 132 valence electrons. The van der Waals surface area contributed by atoms with Crippen LogP contribution in [0.25, 0.3) is 0 Å². The maximum atomic E-state index is 12.4. The van der Waals surface area contributed by atoms with E-state index in [1.807, 2.05) is 25.1 Å². The van der Waals surface area contributed by atoms with Gasteiger partial charge in [0.25, 0.3) is 11.6 Å². The van der Waals surface area contributed by atoms with Crippen molar-refractivity contribution in [1.82, 2.24) is 14.8 Å². The maximum Gasteiger partial charge on any atom is 0.284 e. The van der Waals surface area contributed by atoms with Crippen molar-refractivity contribution in [2.75, 3.05) is 5.32 Å². The molecular formula is C17H15N5O3S. The molecule has 0 aliphatic carbocycles. The second kappa shape index (κ2) is 7.36. The average Bonchev–Trinajstić information content (AvgIpc) is 3.00. The quantitative estimate of drug-likeness (QED) is 0.546. The molecule has 1 aromatic heterocycles. The van der Waals surface area contributed by atoms with Crippen LogP contribution in [0.2, 0.25) is 0 Å². The first-order valence-corrected chi connectivity index (χ1v) is 8.44. The number of hydrogen-bond donors (Lipinski definition) is 1. The molecule has 0 aliphatic rings. The average molecular weight is 369 g/mol. The molecule has 3 rings (SSSR count). The molecule has 0 saturated heterocycles. The number of amides is 1. The van der Waals surface area contributed by atoms with Gasteiger partial charge in [-0.2, -0.15) is 0 Å². The molecule has 2 aromatic carbocycles. The second-order valence-corrected chi connectivity index (χ2v) is 6.60. The number of hydrogen-bond acceptors (Lipinski definition) is 6. The molecule has 0 bridgehead atoms. The normalized spacial score (nSPS) is 10.5. The van der Waals surface area contributed by atoms with Crippen molar-refractivity contribution in [1.29, 1.82) is 0 Å². The SMILES string of the molecule is Cc1cccc(NC(=O)c2ccc(Sc3nncn3C)c([N+](=O)[O-])c2)c1. The van der Waals surface area contributed by atoms with Crippen molar-refractivity contribution < 1.29 is 9.72 Å². The van der Waals surface area contributed by atoms with Crippen LogP contribution in [-0.2, 0) is 7.05 Å². The van der Waals surface area contributed by atoms with Gasteiger partial charge in [-0.25, -0.2) is 0 Å². The zero-order chi connectivity index (χ0) is 18.7. The van der Waals surface area contributed by atoms with E-state index in [0.29, 0.717) is 15.7 Å². The molecule has 0 unspecified atom stereocenters. The fraction of sp³-hybridized carbons (Fsp3) is 0.118. The Bertz CT molecular complexity index is 986. The van der Waals surface area contributed by atoms with Gasteiger partial charge in [-0.1, -0.05) is 12.1 Å². The van der Waals surface area contributed by atoms with Crippen molar-refractivity contribution in [3.63, 3.8) is 0 Å². The van der Waals surface area contributed by atoms with Gasteiger partial charge in [0.15, 0.2) is 5.16 Å². The molecule has 0 radical (unpaired) electrons. The summed E-state index contributed by atoms with van der Waals surface area (Å²) in [6.45, 7) is 1.92. The van der Waals surface area contributed by atoms with E-state index >= 15 is 0 Å². The Morgan fingerprint density at radius 3 is 2.73 bits per heavy atom. The standard InChI is InChI=1S/C17H15N5O3S/c1-11-4-3-5-13(8-11)19-16(23)12-6-7-15(14(9-12)22(24)25)26-17-20-18-10-21(17)2/h3-10H,1-2H3,(H,19,23). The highest BCUT2D eigenvalue weighted by molar-refractivity contribution is 7.99. The molecular weight excluding hydrogens is 354 g/mol. The predicted molar refractivity (Wildman–Crippen MR) is 97.4 cm³/mol. The summed E-state index contributed by atoms with van der Waals surface area (Å²) in [5, 5.41) is 22.4. The lowest BCUT2D eigenvalue weighted by Crippen LogP contribution is -2.12. The third kappa shape index (κ3) is 3.89. The largest absolute Gasteiger partial charge is 0.322 e. The van der Waals surface area contributed by atoms with E-state index in [9.17, 15) is 14.9 Å². The zero-order valence-electron chi connectivity index (χ0n) is 14.0. The number of aromatic nitrogens is 3. The van der Waals surface area contributed by atoms with E-state index in [1.54, 1.807) is 29.8 Å². The highest BCUT2D eigenvalue weighted by Crippen LogP contribution is 2.34. The molecule has 8 nitrogen and oxygen atoms in total. The Labute approximate surface area is 153 Å². The number of carbonyl (C=O) groups is 1. The molecule has 26 heavy (non-hydrogen) atoms. The summed E-state index contributed by atoms with van der Waals surface area (Å²) in [6, 6.07) is 11.7. The lowest BCUT2D eigenvalue weighted by atomic mass is 10.1. The minimum Gasteiger partial charge on any atom is -0.322 e. The lowest BCUT2D eigenvalue weighted by Gasteiger charge is -2.08. The smallest absolute Gasteiger partial charge is 0.284 e. The summed E-state index contributed by atoms with van der Waals surface area (Å²) in [7, 11) is 1.75. The van der Waals surface area contributed by atoms with E-state index in [2.05, 4.69) is 15.5 Å². The highest BCUT2D eigenvalue weighted by atomic mass is 32.2. The van der Waals surface area contributed by atoms with Crippen LogP contribution in [0.15, 0.2) is 58.8 Å². The number of aryl methyl sites for hydroxylation is 2. The molecule has 0 spiro atoms. The van der Waals surface area contributed by atoms with Crippen molar-refractivity contribution in [2.24, 2.45) is 7.05 Å². The van der Waals surface area contributed by atoms with E-state index in [0.717, 1.165) is 17.3 Å². The molecule has 0 fully saturated rings. The van der Waals surface area contributed by atoms with E-state index in [4.69, 9.17) is 0 Å². The third-order valence-corrected chi connectivity index (χ3v) is 4.68. The Hall–Kier alpha value is -3.20. The lowest BCUT2D eigenvalue weighted by molar-refractivity contribution is -0.387. The first-order valence-electron chi connectivity index (χ1n) is 7.62.